The molecule has 4 heteroatoms. The fourth-order valence-corrected chi connectivity index (χ4v) is 2.52. The van der Waals surface area contributed by atoms with E-state index in [-0.39, 0.29) is 6.04 Å². The van der Waals surface area contributed by atoms with Crippen LogP contribution in [-0.4, -0.2) is 19.1 Å². The predicted molar refractivity (Wildman–Crippen MR) is 82.5 cm³/mol. The molecule has 106 valence electrons. The maximum Gasteiger partial charge on any atom is 0.137 e. The first-order valence-corrected chi connectivity index (χ1v) is 7.03. The van der Waals surface area contributed by atoms with E-state index in [1.807, 2.05) is 37.5 Å². The molecule has 2 aromatic rings. The van der Waals surface area contributed by atoms with Crippen LogP contribution in [0.1, 0.15) is 29.8 Å². The van der Waals surface area contributed by atoms with Crippen molar-refractivity contribution in [2.75, 3.05) is 14.2 Å². The summed E-state index contributed by atoms with van der Waals surface area (Å²) in [6.45, 7) is 2.13. The molecule has 20 heavy (non-hydrogen) atoms. The molecule has 0 aliphatic heterocycles. The van der Waals surface area contributed by atoms with Crippen LogP contribution in [0.15, 0.2) is 36.5 Å². The van der Waals surface area contributed by atoms with Gasteiger partial charge in [-0.3, -0.25) is 4.98 Å². The van der Waals surface area contributed by atoms with Crippen LogP contribution in [0, 0.1) is 0 Å². The zero-order valence-electron chi connectivity index (χ0n) is 12.0. The van der Waals surface area contributed by atoms with E-state index in [1.54, 1.807) is 7.11 Å². The molecule has 1 N–H and O–H groups in total. The number of benzene rings is 1. The number of hydrogen-bond acceptors (Lipinski definition) is 3. The van der Waals surface area contributed by atoms with Gasteiger partial charge in [0.2, 0.25) is 0 Å². The summed E-state index contributed by atoms with van der Waals surface area (Å²) in [6, 6.07) is 9.92. The monoisotopic (exact) mass is 290 g/mol. The summed E-state index contributed by atoms with van der Waals surface area (Å²) >= 11 is 6.09. The lowest BCUT2D eigenvalue weighted by atomic mass is 9.98. The number of pyridine rings is 1. The molecule has 2 rings (SSSR count). The van der Waals surface area contributed by atoms with Crippen LogP contribution < -0.4 is 10.1 Å². The van der Waals surface area contributed by atoms with Crippen molar-refractivity contribution >= 4 is 11.6 Å². The Labute approximate surface area is 124 Å². The molecule has 1 atom stereocenters. The molecule has 0 amide bonds. The van der Waals surface area contributed by atoms with E-state index >= 15 is 0 Å². The lowest BCUT2D eigenvalue weighted by molar-refractivity contribution is 0.414. The highest BCUT2D eigenvalue weighted by Gasteiger charge is 2.17. The Balaban J connectivity index is 2.47. The number of ether oxygens (including phenoxy) is 1. The third kappa shape index (κ3) is 2.94. The van der Waals surface area contributed by atoms with Crippen molar-refractivity contribution in [2.24, 2.45) is 0 Å². The topological polar surface area (TPSA) is 34.2 Å². The van der Waals surface area contributed by atoms with Crippen molar-refractivity contribution in [1.29, 1.82) is 0 Å². The highest BCUT2D eigenvalue weighted by Crippen LogP contribution is 2.30. The molecular formula is C16H19ClN2O. The minimum absolute atomic E-state index is 0.0253. The Morgan fingerprint density at radius 3 is 2.80 bits per heavy atom. The first-order chi connectivity index (χ1) is 9.71. The van der Waals surface area contributed by atoms with Gasteiger partial charge in [-0.2, -0.15) is 0 Å². The Hall–Kier alpha value is -1.58. The molecule has 0 aliphatic carbocycles. The van der Waals surface area contributed by atoms with Gasteiger partial charge in [-0.05, 0) is 42.8 Å². The van der Waals surface area contributed by atoms with Gasteiger partial charge in [0.1, 0.15) is 5.75 Å². The molecule has 0 aliphatic rings. The summed E-state index contributed by atoms with van der Waals surface area (Å²) in [5.41, 5.74) is 3.37. The van der Waals surface area contributed by atoms with E-state index in [9.17, 15) is 0 Å². The normalized spacial score (nSPS) is 12.2. The average molecular weight is 291 g/mol. The van der Waals surface area contributed by atoms with Crippen molar-refractivity contribution in [1.82, 2.24) is 10.3 Å². The summed E-state index contributed by atoms with van der Waals surface area (Å²) in [5, 5.41) is 3.93. The molecule has 1 aromatic carbocycles. The van der Waals surface area contributed by atoms with Crippen LogP contribution in [0.3, 0.4) is 0 Å². The average Bonchev–Trinajstić information content (AvgIpc) is 2.50. The van der Waals surface area contributed by atoms with Gasteiger partial charge in [0, 0.05) is 6.20 Å². The molecule has 0 bridgehead atoms. The Kier molecular flexibility index (Phi) is 4.99. The number of nitrogens with one attached hydrogen (secondary N) is 1. The van der Waals surface area contributed by atoms with Gasteiger partial charge in [-0.15, -0.1) is 0 Å². The molecule has 1 unspecified atom stereocenters. The number of aromatic nitrogens is 1. The zero-order chi connectivity index (χ0) is 14.5. The van der Waals surface area contributed by atoms with Crippen LogP contribution in [0.5, 0.6) is 5.75 Å². The van der Waals surface area contributed by atoms with Gasteiger partial charge in [0.15, 0.2) is 0 Å². The number of aryl methyl sites for hydroxylation is 1. The Bertz CT molecular complexity index is 586. The number of nitrogens with zero attached hydrogens (tertiary/aromatic N) is 1. The van der Waals surface area contributed by atoms with Gasteiger partial charge in [-0.1, -0.05) is 30.7 Å². The van der Waals surface area contributed by atoms with E-state index in [2.05, 4.69) is 23.3 Å². The number of hydrogen-bond donors (Lipinski definition) is 1. The van der Waals surface area contributed by atoms with Gasteiger partial charge < -0.3 is 10.1 Å². The van der Waals surface area contributed by atoms with Crippen LogP contribution in [0.2, 0.25) is 5.02 Å². The van der Waals surface area contributed by atoms with E-state index in [4.69, 9.17) is 16.3 Å². The maximum absolute atomic E-state index is 6.09. The van der Waals surface area contributed by atoms with Crippen molar-refractivity contribution in [3.8, 4) is 5.75 Å². The second-order valence-corrected chi connectivity index (χ2v) is 4.92. The second kappa shape index (κ2) is 6.73. The minimum Gasteiger partial charge on any atom is -0.495 e. The molecular weight excluding hydrogens is 272 g/mol. The fourth-order valence-electron chi connectivity index (χ4n) is 2.33. The standard InChI is InChI=1S/C16H19ClN2O/c1-4-11-6-5-9-19-16(11)15(18-2)12-7-8-13(17)14(10-12)20-3/h5-10,15,18H,4H2,1-3H3. The molecule has 0 radical (unpaired) electrons. The lowest BCUT2D eigenvalue weighted by Crippen LogP contribution is -2.20. The quantitative estimate of drug-likeness (QED) is 0.913. The minimum atomic E-state index is 0.0253. The molecule has 1 aromatic heterocycles. The SMILES string of the molecule is CCc1cccnc1C(NC)c1ccc(Cl)c(OC)c1. The summed E-state index contributed by atoms with van der Waals surface area (Å²) in [7, 11) is 3.55. The second-order valence-electron chi connectivity index (χ2n) is 4.52. The third-order valence-corrected chi connectivity index (χ3v) is 3.69. The van der Waals surface area contributed by atoms with Crippen LogP contribution >= 0.6 is 11.6 Å². The molecule has 0 saturated carbocycles. The first-order valence-electron chi connectivity index (χ1n) is 6.65. The Morgan fingerprint density at radius 2 is 2.15 bits per heavy atom. The number of rotatable bonds is 5. The lowest BCUT2D eigenvalue weighted by Gasteiger charge is -2.19. The van der Waals surface area contributed by atoms with E-state index in [0.717, 1.165) is 17.7 Å². The van der Waals surface area contributed by atoms with Gasteiger partial charge in [0.05, 0.1) is 23.9 Å². The van der Waals surface area contributed by atoms with Crippen LogP contribution in [-0.2, 0) is 6.42 Å². The molecule has 0 spiro atoms. The van der Waals surface area contributed by atoms with Gasteiger partial charge >= 0.3 is 0 Å². The third-order valence-electron chi connectivity index (χ3n) is 3.38. The van der Waals surface area contributed by atoms with Gasteiger partial charge in [0.25, 0.3) is 0 Å². The van der Waals surface area contributed by atoms with Crippen LogP contribution in [0.25, 0.3) is 0 Å². The van der Waals surface area contributed by atoms with Crippen molar-refractivity contribution in [3.63, 3.8) is 0 Å². The maximum atomic E-state index is 6.09. The first kappa shape index (κ1) is 14.8. The smallest absolute Gasteiger partial charge is 0.137 e. The molecule has 0 fully saturated rings. The largest absolute Gasteiger partial charge is 0.495 e. The fraction of sp³-hybridized carbons (Fsp3) is 0.312. The molecule has 0 saturated heterocycles. The number of methoxy groups -OCH3 is 1. The van der Waals surface area contributed by atoms with Crippen LogP contribution in [0.4, 0.5) is 0 Å². The van der Waals surface area contributed by atoms with E-state index in [0.29, 0.717) is 10.8 Å². The van der Waals surface area contributed by atoms with Crippen molar-refractivity contribution in [3.05, 3.63) is 58.4 Å². The summed E-state index contributed by atoms with van der Waals surface area (Å²) < 4.78 is 5.29. The summed E-state index contributed by atoms with van der Waals surface area (Å²) in [6.07, 6.45) is 2.78. The van der Waals surface area contributed by atoms with Gasteiger partial charge in [-0.25, -0.2) is 0 Å². The summed E-state index contributed by atoms with van der Waals surface area (Å²) in [5.74, 6) is 0.679. The Morgan fingerprint density at radius 1 is 1.35 bits per heavy atom. The van der Waals surface area contributed by atoms with Crippen molar-refractivity contribution in [2.45, 2.75) is 19.4 Å². The highest BCUT2D eigenvalue weighted by atomic mass is 35.5. The molecule has 3 nitrogen and oxygen atoms in total. The predicted octanol–water partition coefficient (Wildman–Crippen LogP) is 3.61. The summed E-state index contributed by atoms with van der Waals surface area (Å²) in [4.78, 5) is 4.54. The van der Waals surface area contributed by atoms with Crippen molar-refractivity contribution < 1.29 is 4.74 Å². The highest BCUT2D eigenvalue weighted by molar-refractivity contribution is 6.32. The van der Waals surface area contributed by atoms with E-state index in [1.165, 1.54) is 5.56 Å². The van der Waals surface area contributed by atoms with E-state index < -0.39 is 0 Å². The molecule has 1 heterocycles. The number of halogens is 1. The zero-order valence-corrected chi connectivity index (χ0v) is 12.7.